The van der Waals surface area contributed by atoms with E-state index in [0.29, 0.717) is 5.69 Å². The minimum Gasteiger partial charge on any atom is -0.491 e. The molecule has 0 atom stereocenters. The second kappa shape index (κ2) is 9.65. The van der Waals surface area contributed by atoms with Crippen LogP contribution in [0.25, 0.3) is 0 Å². The largest absolute Gasteiger partial charge is 0.491 e. The van der Waals surface area contributed by atoms with Crippen molar-refractivity contribution in [2.75, 3.05) is 5.32 Å². The second-order valence-corrected chi connectivity index (χ2v) is 5.68. The number of anilines is 1. The van der Waals surface area contributed by atoms with Crippen LogP contribution in [-0.4, -0.2) is 12.1 Å². The Morgan fingerprint density at radius 2 is 1.81 bits per heavy atom. The summed E-state index contributed by atoms with van der Waals surface area (Å²) in [4.78, 5) is 4.00. The Morgan fingerprint density at radius 1 is 1.15 bits per heavy atom. The van der Waals surface area contributed by atoms with Crippen molar-refractivity contribution in [3.63, 3.8) is 0 Å². The van der Waals surface area contributed by atoms with Gasteiger partial charge in [0.05, 0.1) is 18.2 Å². The van der Waals surface area contributed by atoms with Gasteiger partial charge >= 0.3 is 6.18 Å². The van der Waals surface area contributed by atoms with Crippen LogP contribution in [0.1, 0.15) is 25.0 Å². The molecule has 142 valence electrons. The zero-order valence-corrected chi connectivity index (χ0v) is 16.7. The van der Waals surface area contributed by atoms with E-state index < -0.39 is 11.7 Å². The van der Waals surface area contributed by atoms with Crippen molar-refractivity contribution >= 4 is 35.6 Å². The highest BCUT2D eigenvalue weighted by atomic mass is 127. The number of hydrogen-bond donors (Lipinski definition) is 2. The number of benzene rings is 2. The van der Waals surface area contributed by atoms with E-state index in [4.69, 9.17) is 10.5 Å². The number of nitrogens with zero attached hydrogens (tertiary/aromatic N) is 1. The van der Waals surface area contributed by atoms with Gasteiger partial charge in [-0.2, -0.15) is 13.2 Å². The van der Waals surface area contributed by atoms with Crippen molar-refractivity contribution in [2.45, 2.75) is 32.7 Å². The van der Waals surface area contributed by atoms with Crippen LogP contribution in [0.3, 0.4) is 0 Å². The molecule has 0 heterocycles. The van der Waals surface area contributed by atoms with Gasteiger partial charge in [0, 0.05) is 5.69 Å². The van der Waals surface area contributed by atoms with Crippen LogP contribution in [-0.2, 0) is 12.7 Å². The highest BCUT2D eigenvalue weighted by Crippen LogP contribution is 2.35. The number of hydrogen-bond acceptors (Lipinski definition) is 2. The molecule has 0 spiro atoms. The Labute approximate surface area is 167 Å². The first kappa shape index (κ1) is 22.1. The summed E-state index contributed by atoms with van der Waals surface area (Å²) in [6.45, 7) is 3.31. The van der Waals surface area contributed by atoms with E-state index in [1.807, 2.05) is 18.2 Å². The molecule has 0 aliphatic carbocycles. The molecule has 0 amide bonds. The van der Waals surface area contributed by atoms with Crippen LogP contribution in [0, 0.1) is 0 Å². The fraction of sp³-hybridized carbons (Fsp3) is 0.278. The average Bonchev–Trinajstić information content (AvgIpc) is 2.53. The number of para-hydroxylation sites is 1. The van der Waals surface area contributed by atoms with Crippen LogP contribution in [0.2, 0.25) is 0 Å². The zero-order valence-electron chi connectivity index (χ0n) is 14.4. The van der Waals surface area contributed by atoms with E-state index in [-0.39, 0.29) is 53.9 Å². The Morgan fingerprint density at radius 3 is 2.38 bits per heavy atom. The summed E-state index contributed by atoms with van der Waals surface area (Å²) in [6, 6.07) is 12.9. The molecule has 2 rings (SSSR count). The van der Waals surface area contributed by atoms with Crippen molar-refractivity contribution in [1.29, 1.82) is 0 Å². The molecule has 26 heavy (non-hydrogen) atoms. The fourth-order valence-electron chi connectivity index (χ4n) is 2.18. The number of alkyl halides is 3. The van der Waals surface area contributed by atoms with Gasteiger partial charge in [0.25, 0.3) is 0 Å². The molecule has 0 fully saturated rings. The van der Waals surface area contributed by atoms with E-state index in [1.165, 1.54) is 12.1 Å². The Balaban J connectivity index is 0.00000338. The minimum atomic E-state index is -4.50. The number of nitrogens with one attached hydrogen (secondary N) is 1. The molecule has 8 heteroatoms. The van der Waals surface area contributed by atoms with Crippen LogP contribution in [0.4, 0.5) is 18.9 Å². The monoisotopic (exact) mass is 479 g/mol. The third kappa shape index (κ3) is 6.74. The standard InChI is InChI=1S/C18H20F3N3O.HI/c1-12(2)25-15-9-8-13(16(10-15)18(19,20)21)11-23-17(22)24-14-6-4-3-5-7-14;/h3-10,12H,11H2,1-2H3,(H3,22,23,24);1H. The lowest BCUT2D eigenvalue weighted by Gasteiger charge is -2.16. The maximum Gasteiger partial charge on any atom is 0.416 e. The summed E-state index contributed by atoms with van der Waals surface area (Å²) in [5, 5.41) is 2.83. The van der Waals surface area contributed by atoms with Gasteiger partial charge in [-0.3, -0.25) is 0 Å². The van der Waals surface area contributed by atoms with Crippen molar-refractivity contribution in [1.82, 2.24) is 0 Å². The fourth-order valence-corrected chi connectivity index (χ4v) is 2.18. The molecule has 3 N–H and O–H groups in total. The summed E-state index contributed by atoms with van der Waals surface area (Å²) in [7, 11) is 0. The average molecular weight is 479 g/mol. The third-order valence-electron chi connectivity index (χ3n) is 3.22. The van der Waals surface area contributed by atoms with Crippen molar-refractivity contribution in [3.05, 3.63) is 59.7 Å². The first-order chi connectivity index (χ1) is 11.8. The van der Waals surface area contributed by atoms with Gasteiger partial charge in [-0.25, -0.2) is 4.99 Å². The predicted molar refractivity (Wildman–Crippen MR) is 108 cm³/mol. The highest BCUT2D eigenvalue weighted by molar-refractivity contribution is 14.0. The summed E-state index contributed by atoms with van der Waals surface area (Å²) < 4.78 is 45.2. The van der Waals surface area contributed by atoms with Crippen molar-refractivity contribution in [2.24, 2.45) is 10.7 Å². The molecular weight excluding hydrogens is 458 g/mol. The van der Waals surface area contributed by atoms with Gasteiger partial charge in [0.2, 0.25) is 0 Å². The molecule has 0 saturated heterocycles. The van der Waals surface area contributed by atoms with E-state index >= 15 is 0 Å². The van der Waals surface area contributed by atoms with Gasteiger partial charge in [-0.15, -0.1) is 24.0 Å². The molecule has 0 aliphatic heterocycles. The first-order valence-corrected chi connectivity index (χ1v) is 7.74. The highest BCUT2D eigenvalue weighted by Gasteiger charge is 2.33. The lowest BCUT2D eigenvalue weighted by molar-refractivity contribution is -0.138. The first-order valence-electron chi connectivity index (χ1n) is 7.74. The molecule has 0 unspecified atom stereocenters. The van der Waals surface area contributed by atoms with Gasteiger partial charge in [-0.1, -0.05) is 24.3 Å². The number of rotatable bonds is 5. The third-order valence-corrected chi connectivity index (χ3v) is 3.22. The normalized spacial score (nSPS) is 11.8. The van der Waals surface area contributed by atoms with Gasteiger partial charge in [-0.05, 0) is 43.7 Å². The summed E-state index contributed by atoms with van der Waals surface area (Å²) >= 11 is 0. The van der Waals surface area contributed by atoms with E-state index in [9.17, 15) is 13.2 Å². The van der Waals surface area contributed by atoms with Gasteiger partial charge in [0.15, 0.2) is 5.96 Å². The number of guanidine groups is 1. The lowest BCUT2D eigenvalue weighted by atomic mass is 10.1. The Kier molecular flexibility index (Phi) is 8.19. The molecular formula is C18H21F3IN3O. The Hall–Kier alpha value is -1.97. The predicted octanol–water partition coefficient (Wildman–Crippen LogP) is 5.04. The quantitative estimate of drug-likeness (QED) is 0.359. The molecule has 2 aromatic rings. The number of ether oxygens (including phenoxy) is 1. The topological polar surface area (TPSA) is 59.6 Å². The molecule has 4 nitrogen and oxygen atoms in total. The minimum absolute atomic E-state index is 0. The van der Waals surface area contributed by atoms with Crippen LogP contribution < -0.4 is 15.8 Å². The summed E-state index contributed by atoms with van der Waals surface area (Å²) in [5.74, 6) is 0.215. The van der Waals surface area contributed by atoms with Crippen LogP contribution in [0.5, 0.6) is 5.75 Å². The summed E-state index contributed by atoms with van der Waals surface area (Å²) in [6.07, 6.45) is -4.71. The number of nitrogens with two attached hydrogens (primary N) is 1. The molecule has 0 radical (unpaired) electrons. The SMILES string of the molecule is CC(C)Oc1ccc(CN=C(N)Nc2ccccc2)c(C(F)(F)F)c1.I. The van der Waals surface area contributed by atoms with Gasteiger partial charge < -0.3 is 15.8 Å². The Bertz CT molecular complexity index is 734. The van der Waals surface area contributed by atoms with Crippen LogP contribution in [0.15, 0.2) is 53.5 Å². The second-order valence-electron chi connectivity index (χ2n) is 5.68. The molecule has 0 aromatic heterocycles. The maximum atomic E-state index is 13.3. The number of halogens is 4. The molecule has 0 aliphatic rings. The lowest BCUT2D eigenvalue weighted by Crippen LogP contribution is -2.22. The maximum absolute atomic E-state index is 13.3. The number of aliphatic imine (C=N–C) groups is 1. The van der Waals surface area contributed by atoms with E-state index in [1.54, 1.807) is 26.0 Å². The van der Waals surface area contributed by atoms with E-state index in [0.717, 1.165) is 6.07 Å². The smallest absolute Gasteiger partial charge is 0.416 e. The van der Waals surface area contributed by atoms with Crippen molar-refractivity contribution in [3.8, 4) is 5.75 Å². The van der Waals surface area contributed by atoms with E-state index in [2.05, 4.69) is 10.3 Å². The molecule has 0 bridgehead atoms. The van der Waals surface area contributed by atoms with Crippen molar-refractivity contribution < 1.29 is 17.9 Å². The molecule has 2 aromatic carbocycles. The summed E-state index contributed by atoms with van der Waals surface area (Å²) in [5.41, 5.74) is 5.70. The van der Waals surface area contributed by atoms with Crippen LogP contribution >= 0.6 is 24.0 Å². The molecule has 0 saturated carbocycles. The van der Waals surface area contributed by atoms with Gasteiger partial charge in [0.1, 0.15) is 5.75 Å². The zero-order chi connectivity index (χ0) is 18.4.